The Bertz CT molecular complexity index is 154. The number of nitrogens with two attached hydrogens (primary N) is 1. The monoisotopic (exact) mass is 238 g/mol. The highest BCUT2D eigenvalue weighted by Gasteiger charge is 2.17. The molecule has 1 nitrogen and oxygen atoms in total. The Morgan fingerprint density at radius 2 is 0.882 bits per heavy atom. The molecule has 0 saturated heterocycles. The SMILES string of the molecule is C1CCCC(C[NH2+]CC2CCCCCC2)CC1. The largest absolute Gasteiger partial charge is 0.346 e. The molecule has 2 fully saturated rings. The number of rotatable bonds is 4. The molecule has 2 aliphatic carbocycles. The maximum atomic E-state index is 2.66. The van der Waals surface area contributed by atoms with Gasteiger partial charge in [0, 0.05) is 11.8 Å². The van der Waals surface area contributed by atoms with Crippen LogP contribution in [-0.4, -0.2) is 13.1 Å². The highest BCUT2D eigenvalue weighted by atomic mass is 14.9. The smallest absolute Gasteiger partial charge is 0.0784 e. The first kappa shape index (κ1) is 13.4. The molecule has 0 atom stereocenters. The van der Waals surface area contributed by atoms with E-state index in [0.29, 0.717) is 0 Å². The average Bonchev–Trinajstić information content (AvgIpc) is 2.73. The van der Waals surface area contributed by atoms with Gasteiger partial charge in [-0.2, -0.15) is 0 Å². The first-order valence-electron chi connectivity index (χ1n) is 8.27. The summed E-state index contributed by atoms with van der Waals surface area (Å²) in [5.74, 6) is 2.09. The molecule has 0 bridgehead atoms. The second-order valence-electron chi connectivity index (χ2n) is 6.48. The minimum atomic E-state index is 1.04. The summed E-state index contributed by atoms with van der Waals surface area (Å²) >= 11 is 0. The Kier molecular flexibility index (Phi) is 6.41. The maximum absolute atomic E-state index is 2.66. The minimum Gasteiger partial charge on any atom is -0.346 e. The lowest BCUT2D eigenvalue weighted by atomic mass is 9.98. The van der Waals surface area contributed by atoms with E-state index in [0.717, 1.165) is 11.8 Å². The maximum Gasteiger partial charge on any atom is 0.0784 e. The van der Waals surface area contributed by atoms with Crippen LogP contribution in [0.4, 0.5) is 0 Å². The van der Waals surface area contributed by atoms with Crippen LogP contribution in [0, 0.1) is 11.8 Å². The zero-order valence-electron chi connectivity index (χ0n) is 11.6. The van der Waals surface area contributed by atoms with Crippen LogP contribution < -0.4 is 5.32 Å². The molecule has 2 aliphatic rings. The van der Waals surface area contributed by atoms with Crippen LogP contribution in [0.2, 0.25) is 0 Å². The first-order chi connectivity index (χ1) is 8.45. The van der Waals surface area contributed by atoms with E-state index in [1.165, 1.54) is 90.1 Å². The van der Waals surface area contributed by atoms with Crippen molar-refractivity contribution >= 4 is 0 Å². The van der Waals surface area contributed by atoms with E-state index < -0.39 is 0 Å². The lowest BCUT2D eigenvalue weighted by Crippen LogP contribution is -2.86. The summed E-state index contributed by atoms with van der Waals surface area (Å²) in [4.78, 5) is 0. The fraction of sp³-hybridized carbons (Fsp3) is 1.00. The number of hydrogen-bond donors (Lipinski definition) is 1. The molecule has 0 aromatic heterocycles. The number of hydrogen-bond acceptors (Lipinski definition) is 0. The highest BCUT2D eigenvalue weighted by Crippen LogP contribution is 2.22. The van der Waals surface area contributed by atoms with E-state index in [1.54, 1.807) is 0 Å². The molecule has 1 heteroatoms. The van der Waals surface area contributed by atoms with Crippen molar-refractivity contribution in [2.75, 3.05) is 13.1 Å². The lowest BCUT2D eigenvalue weighted by Gasteiger charge is -2.16. The molecule has 2 rings (SSSR count). The number of quaternary nitrogens is 1. The summed E-state index contributed by atoms with van der Waals surface area (Å²) in [6, 6.07) is 0. The second-order valence-corrected chi connectivity index (χ2v) is 6.48. The lowest BCUT2D eigenvalue weighted by molar-refractivity contribution is -0.666. The van der Waals surface area contributed by atoms with Gasteiger partial charge in [0.15, 0.2) is 0 Å². The summed E-state index contributed by atoms with van der Waals surface area (Å²) in [6.07, 6.45) is 18.1. The minimum absolute atomic E-state index is 1.04. The molecule has 17 heavy (non-hydrogen) atoms. The predicted octanol–water partition coefficient (Wildman–Crippen LogP) is 3.49. The molecule has 100 valence electrons. The normalized spacial score (nSPS) is 25.4. The Hall–Kier alpha value is -0.0400. The van der Waals surface area contributed by atoms with Crippen LogP contribution in [0.25, 0.3) is 0 Å². The van der Waals surface area contributed by atoms with E-state index in [2.05, 4.69) is 5.32 Å². The van der Waals surface area contributed by atoms with E-state index in [1.807, 2.05) is 0 Å². The van der Waals surface area contributed by atoms with Gasteiger partial charge in [-0.15, -0.1) is 0 Å². The topological polar surface area (TPSA) is 16.6 Å². The standard InChI is InChI=1S/C16H31N/c1-2-6-10-15(9-5-1)13-17-14-16-11-7-3-4-8-12-16/h15-17H,1-14H2/p+1. The molecule has 0 aromatic rings. The van der Waals surface area contributed by atoms with E-state index in [-0.39, 0.29) is 0 Å². The van der Waals surface area contributed by atoms with Crippen LogP contribution in [-0.2, 0) is 0 Å². The molecular formula is C16H32N+. The third-order valence-electron chi connectivity index (χ3n) is 4.95. The van der Waals surface area contributed by atoms with Crippen molar-refractivity contribution in [2.24, 2.45) is 11.8 Å². The predicted molar refractivity (Wildman–Crippen MR) is 74.0 cm³/mol. The van der Waals surface area contributed by atoms with Gasteiger partial charge in [-0.3, -0.25) is 0 Å². The van der Waals surface area contributed by atoms with Gasteiger partial charge in [-0.25, -0.2) is 0 Å². The molecule has 0 aromatic carbocycles. The van der Waals surface area contributed by atoms with Crippen LogP contribution in [0.15, 0.2) is 0 Å². The van der Waals surface area contributed by atoms with Gasteiger partial charge < -0.3 is 5.32 Å². The van der Waals surface area contributed by atoms with Gasteiger partial charge >= 0.3 is 0 Å². The Labute approximate surface area is 108 Å². The molecule has 0 spiro atoms. The van der Waals surface area contributed by atoms with Crippen molar-refractivity contribution in [1.29, 1.82) is 0 Å². The van der Waals surface area contributed by atoms with E-state index >= 15 is 0 Å². The fourth-order valence-electron chi connectivity index (χ4n) is 3.77. The third kappa shape index (κ3) is 5.42. The summed E-state index contributed by atoms with van der Waals surface area (Å²) in [7, 11) is 0. The zero-order chi connectivity index (χ0) is 11.8. The first-order valence-corrected chi connectivity index (χ1v) is 8.27. The molecular weight excluding hydrogens is 206 g/mol. The van der Waals surface area contributed by atoms with E-state index in [4.69, 9.17) is 0 Å². The molecule has 0 aliphatic heterocycles. The van der Waals surface area contributed by atoms with Gasteiger partial charge in [0.05, 0.1) is 13.1 Å². The van der Waals surface area contributed by atoms with Crippen LogP contribution in [0.3, 0.4) is 0 Å². The Morgan fingerprint density at radius 1 is 0.529 bits per heavy atom. The van der Waals surface area contributed by atoms with Crippen LogP contribution in [0.1, 0.15) is 77.0 Å². The Balaban J connectivity index is 1.57. The van der Waals surface area contributed by atoms with Crippen molar-refractivity contribution in [3.63, 3.8) is 0 Å². The van der Waals surface area contributed by atoms with Crippen LogP contribution >= 0.6 is 0 Å². The van der Waals surface area contributed by atoms with Gasteiger partial charge in [-0.1, -0.05) is 51.4 Å². The third-order valence-corrected chi connectivity index (χ3v) is 4.95. The summed E-state index contributed by atoms with van der Waals surface area (Å²) in [6.45, 7) is 2.85. The molecule has 2 saturated carbocycles. The fourth-order valence-corrected chi connectivity index (χ4v) is 3.77. The summed E-state index contributed by atoms with van der Waals surface area (Å²) in [5.41, 5.74) is 0. The average molecular weight is 238 g/mol. The zero-order valence-corrected chi connectivity index (χ0v) is 11.6. The van der Waals surface area contributed by atoms with Crippen molar-refractivity contribution in [1.82, 2.24) is 0 Å². The molecule has 0 amide bonds. The van der Waals surface area contributed by atoms with Crippen LogP contribution in [0.5, 0.6) is 0 Å². The van der Waals surface area contributed by atoms with Gasteiger partial charge in [0.2, 0.25) is 0 Å². The van der Waals surface area contributed by atoms with Gasteiger partial charge in [0.1, 0.15) is 0 Å². The van der Waals surface area contributed by atoms with Gasteiger partial charge in [-0.05, 0) is 25.7 Å². The van der Waals surface area contributed by atoms with Crippen molar-refractivity contribution < 1.29 is 5.32 Å². The molecule has 0 heterocycles. The second kappa shape index (κ2) is 8.13. The summed E-state index contributed by atoms with van der Waals surface area (Å²) in [5, 5.41) is 2.66. The Morgan fingerprint density at radius 3 is 1.24 bits per heavy atom. The molecule has 2 N–H and O–H groups in total. The van der Waals surface area contributed by atoms with E-state index in [9.17, 15) is 0 Å². The van der Waals surface area contributed by atoms with Crippen molar-refractivity contribution in [2.45, 2.75) is 77.0 Å². The van der Waals surface area contributed by atoms with Crippen molar-refractivity contribution in [3.05, 3.63) is 0 Å². The summed E-state index contributed by atoms with van der Waals surface area (Å²) < 4.78 is 0. The molecule has 0 radical (unpaired) electrons. The molecule has 0 unspecified atom stereocenters. The highest BCUT2D eigenvalue weighted by molar-refractivity contribution is 4.65. The van der Waals surface area contributed by atoms with Gasteiger partial charge in [0.25, 0.3) is 0 Å². The quantitative estimate of drug-likeness (QED) is 0.722. The van der Waals surface area contributed by atoms with Crippen molar-refractivity contribution in [3.8, 4) is 0 Å².